The normalized spacial score (nSPS) is 20.8. The Morgan fingerprint density at radius 1 is 1.35 bits per heavy atom. The number of hydrogen-bond acceptors (Lipinski definition) is 6. The Morgan fingerprint density at radius 3 is 2.73 bits per heavy atom. The number of nitriles is 1. The summed E-state index contributed by atoms with van der Waals surface area (Å²) in [6.45, 7) is 7.22. The zero-order valence-electron chi connectivity index (χ0n) is 15.1. The number of rotatable bonds is 3. The van der Waals surface area contributed by atoms with Gasteiger partial charge in [-0.15, -0.1) is 5.10 Å². The van der Waals surface area contributed by atoms with Gasteiger partial charge in [0.25, 0.3) is 5.56 Å². The van der Waals surface area contributed by atoms with Gasteiger partial charge < -0.3 is 14.6 Å². The van der Waals surface area contributed by atoms with E-state index in [9.17, 15) is 9.90 Å². The molecule has 3 rings (SSSR count). The number of nitrogens with zero attached hydrogens (tertiary/aromatic N) is 3. The Hall–Kier alpha value is -2.85. The summed E-state index contributed by atoms with van der Waals surface area (Å²) in [5, 5.41) is 24.2. The summed E-state index contributed by atoms with van der Waals surface area (Å²) in [7, 11) is 0. The molecule has 0 spiro atoms. The van der Waals surface area contributed by atoms with Crippen LogP contribution < -0.4 is 15.0 Å². The number of aromatic nitrogens is 2. The van der Waals surface area contributed by atoms with E-state index in [1.54, 1.807) is 32.0 Å². The Kier molecular flexibility index (Phi) is 4.46. The van der Waals surface area contributed by atoms with Gasteiger partial charge in [-0.05, 0) is 45.9 Å². The van der Waals surface area contributed by atoms with E-state index >= 15 is 0 Å². The van der Waals surface area contributed by atoms with Crippen LogP contribution in [-0.2, 0) is 0 Å². The van der Waals surface area contributed by atoms with E-state index in [0.717, 1.165) is 0 Å². The molecule has 0 aliphatic carbocycles. The van der Waals surface area contributed by atoms with E-state index in [4.69, 9.17) is 14.7 Å². The quantitative estimate of drug-likeness (QED) is 0.908. The standard InChI is InChI=1S/C19H21N3O4/c1-11(2)22-16(23)8-7-15(21-22)25-17-13-9-12(10-20)5-6-14(13)26-19(3,4)18(17)24/h5-9,11,17-18,24H,1-4H3/t17-,18+/m1/s1. The van der Waals surface area contributed by atoms with Gasteiger partial charge in [0.05, 0.1) is 17.7 Å². The Balaban J connectivity index is 2.05. The van der Waals surface area contributed by atoms with Crippen LogP contribution in [0.2, 0.25) is 0 Å². The third-order valence-electron chi connectivity index (χ3n) is 4.35. The molecule has 0 saturated heterocycles. The van der Waals surface area contributed by atoms with Gasteiger partial charge in [-0.2, -0.15) is 5.26 Å². The smallest absolute Gasteiger partial charge is 0.267 e. The molecule has 2 atom stereocenters. The molecule has 0 fully saturated rings. The molecular weight excluding hydrogens is 334 g/mol. The van der Waals surface area contributed by atoms with E-state index in [0.29, 0.717) is 16.9 Å². The molecule has 1 aromatic carbocycles. The molecule has 7 nitrogen and oxygen atoms in total. The zero-order valence-corrected chi connectivity index (χ0v) is 15.1. The minimum atomic E-state index is -0.995. The molecule has 26 heavy (non-hydrogen) atoms. The van der Waals surface area contributed by atoms with Crippen molar-refractivity contribution in [3.05, 3.63) is 51.8 Å². The van der Waals surface area contributed by atoms with Crippen LogP contribution >= 0.6 is 0 Å². The van der Waals surface area contributed by atoms with Crippen LogP contribution in [0.5, 0.6) is 11.6 Å². The summed E-state index contributed by atoms with van der Waals surface area (Å²) in [5.41, 5.74) is -0.112. The van der Waals surface area contributed by atoms with Crippen molar-refractivity contribution < 1.29 is 14.6 Å². The molecule has 1 aliphatic rings. The maximum Gasteiger partial charge on any atom is 0.267 e. The average molecular weight is 355 g/mol. The van der Waals surface area contributed by atoms with E-state index < -0.39 is 17.8 Å². The van der Waals surface area contributed by atoms with Crippen LogP contribution in [0.3, 0.4) is 0 Å². The largest absolute Gasteiger partial charge is 0.485 e. The fraction of sp³-hybridized carbons (Fsp3) is 0.421. The first-order chi connectivity index (χ1) is 12.2. The molecule has 0 bridgehead atoms. The monoisotopic (exact) mass is 355 g/mol. The molecule has 136 valence electrons. The first kappa shape index (κ1) is 18.0. The van der Waals surface area contributed by atoms with Crippen molar-refractivity contribution in [2.24, 2.45) is 0 Å². The first-order valence-electron chi connectivity index (χ1n) is 8.40. The fourth-order valence-corrected chi connectivity index (χ4v) is 2.91. The Labute approximate surface area is 151 Å². The minimum Gasteiger partial charge on any atom is -0.485 e. The van der Waals surface area contributed by atoms with E-state index in [1.807, 2.05) is 13.8 Å². The summed E-state index contributed by atoms with van der Waals surface area (Å²) in [6.07, 6.45) is -1.78. The van der Waals surface area contributed by atoms with Crippen molar-refractivity contribution in [2.45, 2.75) is 51.5 Å². The first-order valence-corrected chi connectivity index (χ1v) is 8.40. The fourth-order valence-electron chi connectivity index (χ4n) is 2.91. The molecular formula is C19H21N3O4. The molecule has 0 amide bonds. The lowest BCUT2D eigenvalue weighted by atomic mass is 9.88. The van der Waals surface area contributed by atoms with Gasteiger partial charge >= 0.3 is 0 Å². The third kappa shape index (κ3) is 3.16. The van der Waals surface area contributed by atoms with Crippen molar-refractivity contribution in [1.82, 2.24) is 9.78 Å². The molecule has 0 saturated carbocycles. The highest BCUT2D eigenvalue weighted by molar-refractivity contribution is 5.46. The second-order valence-corrected chi connectivity index (χ2v) is 7.10. The van der Waals surface area contributed by atoms with Crippen molar-refractivity contribution in [3.8, 4) is 17.7 Å². The highest BCUT2D eigenvalue weighted by Crippen LogP contribution is 2.42. The zero-order chi connectivity index (χ0) is 19.1. The molecule has 0 radical (unpaired) electrons. The summed E-state index contributed by atoms with van der Waals surface area (Å²) < 4.78 is 13.1. The van der Waals surface area contributed by atoms with Crippen LogP contribution in [0.15, 0.2) is 35.1 Å². The van der Waals surface area contributed by atoms with Gasteiger partial charge in [-0.25, -0.2) is 4.68 Å². The SMILES string of the molecule is CC(C)n1nc(O[C@@H]2c3cc(C#N)ccc3OC(C)(C)[C@H]2O)ccc1=O. The summed E-state index contributed by atoms with van der Waals surface area (Å²) in [4.78, 5) is 11.9. The molecule has 2 heterocycles. The van der Waals surface area contributed by atoms with Gasteiger partial charge in [0, 0.05) is 17.7 Å². The second-order valence-electron chi connectivity index (χ2n) is 7.10. The summed E-state index contributed by atoms with van der Waals surface area (Å²) in [5.74, 6) is 0.759. The Bertz CT molecular complexity index is 927. The predicted molar refractivity (Wildman–Crippen MR) is 94.1 cm³/mol. The van der Waals surface area contributed by atoms with Crippen LogP contribution in [0.1, 0.15) is 51.0 Å². The number of hydrogen-bond donors (Lipinski definition) is 1. The van der Waals surface area contributed by atoms with Gasteiger partial charge in [-0.3, -0.25) is 4.79 Å². The van der Waals surface area contributed by atoms with E-state index in [-0.39, 0.29) is 17.5 Å². The second kappa shape index (κ2) is 6.46. The minimum absolute atomic E-state index is 0.125. The van der Waals surface area contributed by atoms with Crippen molar-refractivity contribution in [1.29, 1.82) is 5.26 Å². The maximum absolute atomic E-state index is 11.9. The molecule has 7 heteroatoms. The summed E-state index contributed by atoms with van der Waals surface area (Å²) >= 11 is 0. The number of aliphatic hydroxyl groups is 1. The number of aliphatic hydroxyl groups excluding tert-OH is 1. The lowest BCUT2D eigenvalue weighted by molar-refractivity contribution is -0.104. The van der Waals surface area contributed by atoms with Gasteiger partial charge in [0.15, 0.2) is 6.10 Å². The van der Waals surface area contributed by atoms with Crippen LogP contribution in [0.25, 0.3) is 0 Å². The third-order valence-corrected chi connectivity index (χ3v) is 4.35. The topological polar surface area (TPSA) is 97.4 Å². The predicted octanol–water partition coefficient (Wildman–Crippen LogP) is 2.35. The number of benzene rings is 1. The highest BCUT2D eigenvalue weighted by Gasteiger charge is 2.44. The maximum atomic E-state index is 11.9. The van der Waals surface area contributed by atoms with Crippen molar-refractivity contribution in [2.75, 3.05) is 0 Å². The number of ether oxygens (including phenoxy) is 2. The summed E-state index contributed by atoms with van der Waals surface area (Å²) in [6, 6.07) is 9.79. The van der Waals surface area contributed by atoms with Crippen LogP contribution in [0, 0.1) is 11.3 Å². The average Bonchev–Trinajstić information content (AvgIpc) is 2.59. The Morgan fingerprint density at radius 2 is 2.08 bits per heavy atom. The van der Waals surface area contributed by atoms with E-state index in [2.05, 4.69) is 11.2 Å². The van der Waals surface area contributed by atoms with Crippen LogP contribution in [0.4, 0.5) is 0 Å². The van der Waals surface area contributed by atoms with Gasteiger partial charge in [0.1, 0.15) is 17.5 Å². The highest BCUT2D eigenvalue weighted by atomic mass is 16.5. The van der Waals surface area contributed by atoms with Crippen molar-refractivity contribution in [3.63, 3.8) is 0 Å². The number of fused-ring (bicyclic) bond motifs is 1. The van der Waals surface area contributed by atoms with Crippen molar-refractivity contribution >= 4 is 0 Å². The molecule has 0 unspecified atom stereocenters. The molecule has 1 aliphatic heterocycles. The van der Waals surface area contributed by atoms with E-state index in [1.165, 1.54) is 16.8 Å². The lowest BCUT2D eigenvalue weighted by Crippen LogP contribution is -2.50. The molecule has 1 N–H and O–H groups in total. The molecule has 1 aromatic heterocycles. The van der Waals surface area contributed by atoms with Crippen LogP contribution in [-0.4, -0.2) is 26.6 Å². The van der Waals surface area contributed by atoms with Gasteiger partial charge in [0.2, 0.25) is 5.88 Å². The molecule has 2 aromatic rings. The van der Waals surface area contributed by atoms with Gasteiger partial charge in [-0.1, -0.05) is 0 Å². The lowest BCUT2D eigenvalue weighted by Gasteiger charge is -2.41.